The average Bonchev–Trinajstić information content (AvgIpc) is 2.40. The van der Waals surface area contributed by atoms with Crippen LogP contribution in [0.1, 0.15) is 5.56 Å². The summed E-state index contributed by atoms with van der Waals surface area (Å²) in [6.07, 6.45) is 0. The molecule has 3 nitrogen and oxygen atoms in total. The van der Waals surface area contributed by atoms with Gasteiger partial charge in [0.15, 0.2) is 17.5 Å². The van der Waals surface area contributed by atoms with Crippen LogP contribution in [0, 0.1) is 28.8 Å². The summed E-state index contributed by atoms with van der Waals surface area (Å²) in [7, 11) is 0. The third-order valence-corrected chi connectivity index (χ3v) is 2.49. The zero-order valence-electron chi connectivity index (χ0n) is 9.55. The summed E-state index contributed by atoms with van der Waals surface area (Å²) in [6, 6.07) is 8.09. The zero-order chi connectivity index (χ0) is 14.0. The molecular formula is C13H8F3N3. The average molecular weight is 263 g/mol. The van der Waals surface area contributed by atoms with Crippen molar-refractivity contribution in [2.75, 3.05) is 11.1 Å². The molecule has 2 aromatic carbocycles. The second-order valence-electron chi connectivity index (χ2n) is 3.76. The molecule has 0 aliphatic rings. The van der Waals surface area contributed by atoms with Gasteiger partial charge in [0.1, 0.15) is 6.07 Å². The van der Waals surface area contributed by atoms with E-state index in [1.807, 2.05) is 6.07 Å². The highest BCUT2D eigenvalue weighted by molar-refractivity contribution is 5.68. The Morgan fingerprint density at radius 1 is 1.05 bits per heavy atom. The van der Waals surface area contributed by atoms with Crippen LogP contribution in [-0.4, -0.2) is 0 Å². The number of hydrogen-bond acceptors (Lipinski definition) is 3. The summed E-state index contributed by atoms with van der Waals surface area (Å²) in [4.78, 5) is 0. The van der Waals surface area contributed by atoms with Gasteiger partial charge in [-0.25, -0.2) is 13.2 Å². The van der Waals surface area contributed by atoms with Crippen molar-refractivity contribution >= 4 is 17.1 Å². The number of nitrogens with zero attached hydrogens (tertiary/aromatic N) is 1. The molecule has 3 N–H and O–H groups in total. The second-order valence-corrected chi connectivity index (χ2v) is 3.76. The Morgan fingerprint density at radius 3 is 2.42 bits per heavy atom. The summed E-state index contributed by atoms with van der Waals surface area (Å²) in [5.41, 5.74) is 6.21. The first-order chi connectivity index (χ1) is 9.02. The predicted octanol–water partition coefficient (Wildman–Crippen LogP) is 3.30. The van der Waals surface area contributed by atoms with E-state index >= 15 is 0 Å². The van der Waals surface area contributed by atoms with Gasteiger partial charge in [0.2, 0.25) is 0 Å². The van der Waals surface area contributed by atoms with Crippen LogP contribution >= 0.6 is 0 Å². The van der Waals surface area contributed by atoms with Crippen molar-refractivity contribution in [2.24, 2.45) is 0 Å². The maximum atomic E-state index is 13.4. The minimum Gasteiger partial charge on any atom is -0.398 e. The molecule has 0 aliphatic heterocycles. The van der Waals surface area contributed by atoms with E-state index in [2.05, 4.69) is 5.32 Å². The maximum Gasteiger partial charge on any atom is 0.196 e. The molecule has 0 spiro atoms. The van der Waals surface area contributed by atoms with Crippen LogP contribution in [0.4, 0.5) is 30.2 Å². The molecule has 6 heteroatoms. The van der Waals surface area contributed by atoms with E-state index in [9.17, 15) is 13.2 Å². The predicted molar refractivity (Wildman–Crippen MR) is 65.2 cm³/mol. The van der Waals surface area contributed by atoms with E-state index < -0.39 is 17.5 Å². The van der Waals surface area contributed by atoms with E-state index in [4.69, 9.17) is 11.0 Å². The molecular weight excluding hydrogens is 255 g/mol. The molecule has 0 fully saturated rings. The molecule has 96 valence electrons. The van der Waals surface area contributed by atoms with Gasteiger partial charge in [-0.05, 0) is 30.3 Å². The van der Waals surface area contributed by atoms with E-state index in [0.717, 1.165) is 12.1 Å². The monoisotopic (exact) mass is 263 g/mol. The fourth-order valence-corrected chi connectivity index (χ4v) is 1.52. The number of nitrogens with two attached hydrogens (primary N) is 1. The molecule has 0 aliphatic carbocycles. The Morgan fingerprint density at radius 2 is 1.79 bits per heavy atom. The Balaban J connectivity index is 2.35. The zero-order valence-corrected chi connectivity index (χ0v) is 9.55. The first-order valence-corrected chi connectivity index (χ1v) is 5.23. The Hall–Kier alpha value is -2.68. The Bertz CT molecular complexity index is 678. The molecule has 0 radical (unpaired) electrons. The van der Waals surface area contributed by atoms with Crippen molar-refractivity contribution in [3.05, 3.63) is 53.3 Å². The highest BCUT2D eigenvalue weighted by Crippen LogP contribution is 2.25. The van der Waals surface area contributed by atoms with Gasteiger partial charge >= 0.3 is 0 Å². The number of nitrogen functional groups attached to an aromatic ring is 1. The van der Waals surface area contributed by atoms with Gasteiger partial charge in [-0.2, -0.15) is 5.26 Å². The van der Waals surface area contributed by atoms with E-state index in [-0.39, 0.29) is 16.9 Å². The quantitative estimate of drug-likeness (QED) is 0.645. The number of halogens is 3. The largest absolute Gasteiger partial charge is 0.398 e. The van der Waals surface area contributed by atoms with Gasteiger partial charge in [0.25, 0.3) is 0 Å². The molecule has 0 atom stereocenters. The van der Waals surface area contributed by atoms with Crippen molar-refractivity contribution < 1.29 is 13.2 Å². The smallest absolute Gasteiger partial charge is 0.196 e. The van der Waals surface area contributed by atoms with Crippen LogP contribution in [0.25, 0.3) is 0 Å². The van der Waals surface area contributed by atoms with Crippen molar-refractivity contribution in [3.8, 4) is 6.07 Å². The summed E-state index contributed by atoms with van der Waals surface area (Å²) < 4.78 is 39.2. The number of rotatable bonds is 2. The number of anilines is 3. The maximum absolute atomic E-state index is 13.4. The fourth-order valence-electron chi connectivity index (χ4n) is 1.52. The fraction of sp³-hybridized carbons (Fsp3) is 0. The van der Waals surface area contributed by atoms with Gasteiger partial charge < -0.3 is 11.1 Å². The van der Waals surface area contributed by atoms with Crippen molar-refractivity contribution in [1.82, 2.24) is 0 Å². The lowest BCUT2D eigenvalue weighted by Gasteiger charge is -2.09. The lowest BCUT2D eigenvalue weighted by molar-refractivity contribution is 0.449. The van der Waals surface area contributed by atoms with Gasteiger partial charge in [0, 0.05) is 5.69 Å². The van der Waals surface area contributed by atoms with Crippen molar-refractivity contribution in [2.45, 2.75) is 0 Å². The normalized spacial score (nSPS) is 10.0. The van der Waals surface area contributed by atoms with Gasteiger partial charge in [-0.15, -0.1) is 0 Å². The van der Waals surface area contributed by atoms with E-state index in [1.54, 1.807) is 0 Å². The van der Waals surface area contributed by atoms with Gasteiger partial charge in [0.05, 0.1) is 16.9 Å². The minimum atomic E-state index is -1.55. The minimum absolute atomic E-state index is 0.204. The first-order valence-electron chi connectivity index (χ1n) is 5.23. The van der Waals surface area contributed by atoms with Crippen molar-refractivity contribution in [3.63, 3.8) is 0 Å². The van der Waals surface area contributed by atoms with E-state index in [0.29, 0.717) is 5.69 Å². The molecule has 0 saturated carbocycles. The van der Waals surface area contributed by atoms with Crippen LogP contribution in [0.3, 0.4) is 0 Å². The van der Waals surface area contributed by atoms with E-state index in [1.165, 1.54) is 18.2 Å². The van der Waals surface area contributed by atoms with Crippen LogP contribution in [-0.2, 0) is 0 Å². The molecule has 2 aromatic rings. The number of nitrogens with one attached hydrogen (secondary N) is 1. The molecule has 2 rings (SSSR count). The van der Waals surface area contributed by atoms with Crippen LogP contribution in [0.5, 0.6) is 0 Å². The van der Waals surface area contributed by atoms with Crippen molar-refractivity contribution in [1.29, 1.82) is 5.26 Å². The molecule has 0 bridgehead atoms. The summed E-state index contributed by atoms with van der Waals surface area (Å²) in [5.74, 6) is -4.13. The number of hydrogen-bond donors (Lipinski definition) is 2. The molecule has 19 heavy (non-hydrogen) atoms. The third kappa shape index (κ3) is 2.45. The van der Waals surface area contributed by atoms with Gasteiger partial charge in [-0.1, -0.05) is 0 Å². The summed E-state index contributed by atoms with van der Waals surface area (Å²) >= 11 is 0. The molecule has 0 amide bonds. The second kappa shape index (κ2) is 4.90. The molecule has 0 unspecified atom stereocenters. The topological polar surface area (TPSA) is 61.8 Å². The number of benzene rings is 2. The Kier molecular flexibility index (Phi) is 3.29. The SMILES string of the molecule is N#Cc1ccc(Nc2ccc(F)c(F)c2F)cc1N. The Labute approximate surface area is 107 Å². The lowest BCUT2D eigenvalue weighted by Crippen LogP contribution is -2.00. The molecule has 0 aromatic heterocycles. The number of nitriles is 1. The first kappa shape index (κ1) is 12.8. The van der Waals surface area contributed by atoms with Crippen LogP contribution < -0.4 is 11.1 Å². The van der Waals surface area contributed by atoms with Crippen LogP contribution in [0.15, 0.2) is 30.3 Å². The lowest BCUT2D eigenvalue weighted by atomic mass is 10.1. The van der Waals surface area contributed by atoms with Gasteiger partial charge in [-0.3, -0.25) is 0 Å². The summed E-state index contributed by atoms with van der Waals surface area (Å²) in [6.45, 7) is 0. The van der Waals surface area contributed by atoms with Crippen LogP contribution in [0.2, 0.25) is 0 Å². The molecule has 0 heterocycles. The highest BCUT2D eigenvalue weighted by Gasteiger charge is 2.13. The standard InChI is InChI=1S/C13H8F3N3/c14-9-3-4-11(13(16)12(9)15)19-8-2-1-7(6-17)10(18)5-8/h1-5,19H,18H2. The molecule has 0 saturated heterocycles. The highest BCUT2D eigenvalue weighted by atomic mass is 19.2. The third-order valence-electron chi connectivity index (χ3n) is 2.49. The summed E-state index contributed by atoms with van der Waals surface area (Å²) in [5, 5.41) is 11.3.